The summed E-state index contributed by atoms with van der Waals surface area (Å²) in [7, 11) is 3.11. The number of hydrogen-bond acceptors (Lipinski definition) is 5. The molecule has 2 amide bonds. The van der Waals surface area contributed by atoms with Crippen LogP contribution >= 0.6 is 0 Å². The topological polar surface area (TPSA) is 71.1 Å². The molecule has 33 heavy (non-hydrogen) atoms. The SMILES string of the molecule is COc1ccc(N2CC(C(=O)NC3CCN(Cc4ccc(F)cc4)CC3)CC2=O)cc1OC. The Kier molecular flexibility index (Phi) is 7.13. The standard InChI is InChI=1S/C25H30FN3O4/c1-32-22-8-7-21(14-23(22)33-2)29-16-18(13-24(29)30)25(31)27-20-9-11-28(12-10-20)15-17-3-5-19(26)6-4-17/h3-8,14,18,20H,9-13,15-16H2,1-2H3,(H,27,31). The Balaban J connectivity index is 1.28. The smallest absolute Gasteiger partial charge is 0.227 e. The van der Waals surface area contributed by atoms with Crippen molar-refractivity contribution in [2.75, 3.05) is 38.8 Å². The van der Waals surface area contributed by atoms with Crippen LogP contribution in [-0.2, 0) is 16.1 Å². The van der Waals surface area contributed by atoms with Gasteiger partial charge in [-0.3, -0.25) is 14.5 Å². The molecule has 0 aromatic heterocycles. The van der Waals surface area contributed by atoms with Crippen molar-refractivity contribution in [3.8, 4) is 11.5 Å². The lowest BCUT2D eigenvalue weighted by molar-refractivity contribution is -0.127. The van der Waals surface area contributed by atoms with E-state index in [4.69, 9.17) is 9.47 Å². The number of nitrogens with one attached hydrogen (secondary N) is 1. The average Bonchev–Trinajstić information content (AvgIpc) is 3.23. The van der Waals surface area contributed by atoms with E-state index in [-0.39, 0.29) is 36.0 Å². The second-order valence-electron chi connectivity index (χ2n) is 8.63. The molecule has 0 aliphatic carbocycles. The van der Waals surface area contributed by atoms with Gasteiger partial charge in [0.15, 0.2) is 11.5 Å². The van der Waals surface area contributed by atoms with E-state index in [1.54, 1.807) is 37.3 Å². The van der Waals surface area contributed by atoms with Crippen molar-refractivity contribution in [2.24, 2.45) is 5.92 Å². The molecule has 0 bridgehead atoms. The van der Waals surface area contributed by atoms with E-state index in [1.807, 2.05) is 12.1 Å². The number of likely N-dealkylation sites (tertiary alicyclic amines) is 1. The molecule has 1 N–H and O–H groups in total. The van der Waals surface area contributed by atoms with E-state index in [1.165, 1.54) is 12.1 Å². The van der Waals surface area contributed by atoms with Gasteiger partial charge in [0, 0.05) is 50.4 Å². The molecular formula is C25H30FN3O4. The molecule has 2 fully saturated rings. The van der Waals surface area contributed by atoms with Crippen molar-refractivity contribution in [1.29, 1.82) is 0 Å². The molecule has 176 valence electrons. The predicted octanol–water partition coefficient (Wildman–Crippen LogP) is 2.98. The lowest BCUT2D eigenvalue weighted by Crippen LogP contribution is -2.46. The van der Waals surface area contributed by atoms with Crippen LogP contribution in [0.4, 0.5) is 10.1 Å². The molecule has 8 heteroatoms. The Labute approximate surface area is 193 Å². The summed E-state index contributed by atoms with van der Waals surface area (Å²) in [5, 5.41) is 3.15. The molecule has 2 saturated heterocycles. The van der Waals surface area contributed by atoms with E-state index in [0.717, 1.165) is 38.0 Å². The summed E-state index contributed by atoms with van der Waals surface area (Å²) >= 11 is 0. The molecule has 2 heterocycles. The molecule has 7 nitrogen and oxygen atoms in total. The van der Waals surface area contributed by atoms with Crippen LogP contribution in [-0.4, -0.2) is 56.6 Å². The van der Waals surface area contributed by atoms with Gasteiger partial charge >= 0.3 is 0 Å². The number of carbonyl (C=O) groups excluding carboxylic acids is 2. The largest absolute Gasteiger partial charge is 0.493 e. The maximum atomic E-state index is 13.1. The molecule has 2 aromatic carbocycles. The van der Waals surface area contributed by atoms with E-state index in [2.05, 4.69) is 10.2 Å². The summed E-state index contributed by atoms with van der Waals surface area (Å²) in [5.41, 5.74) is 1.78. The van der Waals surface area contributed by atoms with E-state index in [9.17, 15) is 14.0 Å². The summed E-state index contributed by atoms with van der Waals surface area (Å²) in [5.74, 6) is 0.397. The number of amides is 2. The van der Waals surface area contributed by atoms with E-state index >= 15 is 0 Å². The molecule has 1 unspecified atom stereocenters. The van der Waals surface area contributed by atoms with Gasteiger partial charge in [-0.25, -0.2) is 4.39 Å². The van der Waals surface area contributed by atoms with Crippen molar-refractivity contribution >= 4 is 17.5 Å². The van der Waals surface area contributed by atoms with Crippen LogP contribution in [0.25, 0.3) is 0 Å². The Bertz CT molecular complexity index is 990. The molecule has 1 atom stereocenters. The molecule has 0 saturated carbocycles. The van der Waals surface area contributed by atoms with Crippen LogP contribution in [0.1, 0.15) is 24.8 Å². The summed E-state index contributed by atoms with van der Waals surface area (Å²) in [6.07, 6.45) is 1.91. The fourth-order valence-corrected chi connectivity index (χ4v) is 4.53. The average molecular weight is 456 g/mol. The minimum atomic E-state index is -0.372. The fourth-order valence-electron chi connectivity index (χ4n) is 4.53. The van der Waals surface area contributed by atoms with Gasteiger partial charge in [-0.1, -0.05) is 12.1 Å². The van der Waals surface area contributed by atoms with Crippen molar-refractivity contribution in [2.45, 2.75) is 31.8 Å². The van der Waals surface area contributed by atoms with Crippen LogP contribution in [0.15, 0.2) is 42.5 Å². The molecular weight excluding hydrogens is 425 g/mol. The highest BCUT2D eigenvalue weighted by Crippen LogP contribution is 2.34. The normalized spacial score (nSPS) is 19.5. The number of rotatable bonds is 7. The molecule has 2 aliphatic heterocycles. The molecule has 4 rings (SSSR count). The lowest BCUT2D eigenvalue weighted by atomic mass is 10.0. The van der Waals surface area contributed by atoms with Crippen molar-refractivity contribution < 1.29 is 23.5 Å². The molecule has 2 aliphatic rings. The van der Waals surface area contributed by atoms with E-state index in [0.29, 0.717) is 23.7 Å². The van der Waals surface area contributed by atoms with E-state index < -0.39 is 0 Å². The second kappa shape index (κ2) is 10.2. The quantitative estimate of drug-likeness (QED) is 0.695. The van der Waals surface area contributed by atoms with Crippen molar-refractivity contribution in [3.05, 3.63) is 53.8 Å². The number of carbonyl (C=O) groups is 2. The number of ether oxygens (including phenoxy) is 2. The van der Waals surface area contributed by atoms with Crippen LogP contribution in [0.5, 0.6) is 11.5 Å². The van der Waals surface area contributed by atoms with Gasteiger partial charge in [-0.2, -0.15) is 0 Å². The van der Waals surface area contributed by atoms with Crippen molar-refractivity contribution in [3.63, 3.8) is 0 Å². The third-order valence-corrected chi connectivity index (χ3v) is 6.43. The summed E-state index contributed by atoms with van der Waals surface area (Å²) in [6.45, 7) is 2.86. The highest BCUT2D eigenvalue weighted by molar-refractivity contribution is 6.00. The first-order valence-electron chi connectivity index (χ1n) is 11.3. The first-order chi connectivity index (χ1) is 16.0. The Morgan fingerprint density at radius 3 is 2.42 bits per heavy atom. The Morgan fingerprint density at radius 2 is 1.76 bits per heavy atom. The monoisotopic (exact) mass is 455 g/mol. The number of methoxy groups -OCH3 is 2. The molecule has 2 aromatic rings. The van der Waals surface area contributed by atoms with Gasteiger partial charge in [0.25, 0.3) is 0 Å². The van der Waals surface area contributed by atoms with Crippen LogP contribution in [0.3, 0.4) is 0 Å². The Morgan fingerprint density at radius 1 is 1.06 bits per heavy atom. The summed E-state index contributed by atoms with van der Waals surface area (Å²) in [4.78, 5) is 29.4. The highest BCUT2D eigenvalue weighted by Gasteiger charge is 2.36. The van der Waals surface area contributed by atoms with Gasteiger partial charge in [0.05, 0.1) is 20.1 Å². The predicted molar refractivity (Wildman–Crippen MR) is 123 cm³/mol. The number of piperidine rings is 1. The molecule has 0 radical (unpaired) electrons. The minimum Gasteiger partial charge on any atom is -0.493 e. The summed E-state index contributed by atoms with van der Waals surface area (Å²) in [6, 6.07) is 12.0. The molecule has 0 spiro atoms. The number of benzene rings is 2. The zero-order chi connectivity index (χ0) is 23.4. The van der Waals surface area contributed by atoms with Crippen LogP contribution < -0.4 is 19.7 Å². The number of halogens is 1. The zero-order valence-electron chi connectivity index (χ0n) is 19.1. The van der Waals surface area contributed by atoms with Crippen LogP contribution in [0, 0.1) is 11.7 Å². The first-order valence-corrected chi connectivity index (χ1v) is 11.3. The fraction of sp³-hybridized carbons (Fsp3) is 0.440. The van der Waals surface area contributed by atoms with Gasteiger partial charge in [-0.15, -0.1) is 0 Å². The number of anilines is 1. The number of hydrogen-bond donors (Lipinski definition) is 1. The van der Waals surface area contributed by atoms with Gasteiger partial charge in [0.1, 0.15) is 5.82 Å². The zero-order valence-corrected chi connectivity index (χ0v) is 19.1. The summed E-state index contributed by atoms with van der Waals surface area (Å²) < 4.78 is 23.7. The Hall–Kier alpha value is -3.13. The highest BCUT2D eigenvalue weighted by atomic mass is 19.1. The van der Waals surface area contributed by atoms with Gasteiger partial charge < -0.3 is 19.7 Å². The number of nitrogens with zero attached hydrogens (tertiary/aromatic N) is 2. The third-order valence-electron chi connectivity index (χ3n) is 6.43. The van der Waals surface area contributed by atoms with Crippen molar-refractivity contribution in [1.82, 2.24) is 10.2 Å². The third kappa shape index (κ3) is 5.45. The van der Waals surface area contributed by atoms with Gasteiger partial charge in [0.2, 0.25) is 11.8 Å². The maximum Gasteiger partial charge on any atom is 0.227 e. The minimum absolute atomic E-state index is 0.0664. The first kappa shape index (κ1) is 23.0. The maximum absolute atomic E-state index is 13.1. The lowest BCUT2D eigenvalue weighted by Gasteiger charge is -2.32. The van der Waals surface area contributed by atoms with Gasteiger partial charge in [-0.05, 0) is 42.7 Å². The second-order valence-corrected chi connectivity index (χ2v) is 8.63. The van der Waals surface area contributed by atoms with Crippen LogP contribution in [0.2, 0.25) is 0 Å².